The van der Waals surface area contributed by atoms with Gasteiger partial charge in [0.25, 0.3) is 0 Å². The van der Waals surface area contributed by atoms with Crippen molar-refractivity contribution in [3.8, 4) is 0 Å². The third kappa shape index (κ3) is 2.88. The fraction of sp³-hybridized carbons (Fsp3) is 0.429. The van der Waals surface area contributed by atoms with Crippen LogP contribution in [0.4, 0.5) is 0 Å². The molecule has 4 nitrogen and oxygen atoms in total. The molecule has 1 atom stereocenters. The minimum Gasteiger partial charge on any atom is -0.343 e. The van der Waals surface area contributed by atoms with Crippen molar-refractivity contribution >= 4 is 11.8 Å². The Morgan fingerprint density at radius 2 is 2.00 bits per heavy atom. The number of carbonyl (C=O) groups is 2. The Bertz CT molecular complexity index is 431. The van der Waals surface area contributed by atoms with E-state index >= 15 is 0 Å². The number of rotatable bonds is 4. The van der Waals surface area contributed by atoms with E-state index in [2.05, 4.69) is 5.32 Å². The molecule has 0 radical (unpaired) electrons. The van der Waals surface area contributed by atoms with Crippen LogP contribution < -0.4 is 5.32 Å². The van der Waals surface area contributed by atoms with Crippen molar-refractivity contribution in [1.82, 2.24) is 10.2 Å². The van der Waals surface area contributed by atoms with Crippen LogP contribution in [0, 0.1) is 0 Å². The van der Waals surface area contributed by atoms with Crippen molar-refractivity contribution in [3.63, 3.8) is 0 Å². The average molecular weight is 246 g/mol. The lowest BCUT2D eigenvalue weighted by atomic mass is 10.1. The Labute approximate surface area is 107 Å². The number of hydrogen-bond acceptors (Lipinski definition) is 2. The van der Waals surface area contributed by atoms with E-state index in [0.717, 1.165) is 12.0 Å². The summed E-state index contributed by atoms with van der Waals surface area (Å²) in [4.78, 5) is 25.4. The molecule has 18 heavy (non-hydrogen) atoms. The van der Waals surface area contributed by atoms with Gasteiger partial charge in [-0.1, -0.05) is 43.7 Å². The normalized spacial score (nSPS) is 19.8. The Morgan fingerprint density at radius 1 is 1.28 bits per heavy atom. The lowest BCUT2D eigenvalue weighted by Crippen LogP contribution is -2.57. The van der Waals surface area contributed by atoms with Gasteiger partial charge in [-0.05, 0) is 12.0 Å². The summed E-state index contributed by atoms with van der Waals surface area (Å²) < 4.78 is 0. The summed E-state index contributed by atoms with van der Waals surface area (Å²) in [5.41, 5.74) is 1.05. The molecule has 1 aromatic rings. The van der Waals surface area contributed by atoms with Crippen molar-refractivity contribution in [2.75, 3.05) is 6.54 Å². The first-order valence-electron chi connectivity index (χ1n) is 6.32. The second kappa shape index (κ2) is 5.67. The molecule has 1 fully saturated rings. The Kier molecular flexibility index (Phi) is 3.97. The monoisotopic (exact) mass is 246 g/mol. The summed E-state index contributed by atoms with van der Waals surface area (Å²) in [5.74, 6) is -0.0377. The maximum Gasteiger partial charge on any atom is 0.245 e. The fourth-order valence-corrected chi connectivity index (χ4v) is 2.20. The molecule has 1 aliphatic rings. The van der Waals surface area contributed by atoms with Crippen LogP contribution in [0.5, 0.6) is 0 Å². The van der Waals surface area contributed by atoms with Gasteiger partial charge in [-0.25, -0.2) is 0 Å². The number of piperazine rings is 1. The topological polar surface area (TPSA) is 49.4 Å². The van der Waals surface area contributed by atoms with Crippen LogP contribution in [0.15, 0.2) is 30.3 Å². The van der Waals surface area contributed by atoms with Gasteiger partial charge in [0.15, 0.2) is 0 Å². The third-order valence-electron chi connectivity index (χ3n) is 3.07. The Balaban J connectivity index is 2.07. The SMILES string of the molecule is CCCC1NC(=O)CN(Cc2ccccc2)C1=O. The quantitative estimate of drug-likeness (QED) is 0.871. The van der Waals surface area contributed by atoms with Gasteiger partial charge in [-0.15, -0.1) is 0 Å². The predicted molar refractivity (Wildman–Crippen MR) is 68.7 cm³/mol. The average Bonchev–Trinajstić information content (AvgIpc) is 2.36. The Hall–Kier alpha value is -1.84. The maximum atomic E-state index is 12.2. The van der Waals surface area contributed by atoms with Crippen molar-refractivity contribution in [1.29, 1.82) is 0 Å². The van der Waals surface area contributed by atoms with Crippen LogP contribution in [-0.2, 0) is 16.1 Å². The molecule has 4 heteroatoms. The fourth-order valence-electron chi connectivity index (χ4n) is 2.20. The van der Waals surface area contributed by atoms with Gasteiger partial charge in [0.05, 0.1) is 6.54 Å². The molecule has 96 valence electrons. The number of amides is 2. The molecule has 1 unspecified atom stereocenters. The van der Waals surface area contributed by atoms with Crippen molar-refractivity contribution in [3.05, 3.63) is 35.9 Å². The van der Waals surface area contributed by atoms with E-state index in [-0.39, 0.29) is 24.4 Å². The van der Waals surface area contributed by atoms with Gasteiger partial charge >= 0.3 is 0 Å². The summed E-state index contributed by atoms with van der Waals surface area (Å²) in [7, 11) is 0. The van der Waals surface area contributed by atoms with Crippen LogP contribution >= 0.6 is 0 Å². The number of carbonyl (C=O) groups excluding carboxylic acids is 2. The molecule has 0 aliphatic carbocycles. The van der Waals surface area contributed by atoms with E-state index < -0.39 is 0 Å². The van der Waals surface area contributed by atoms with Crippen LogP contribution in [0.3, 0.4) is 0 Å². The van der Waals surface area contributed by atoms with Crippen LogP contribution in [0.2, 0.25) is 0 Å². The minimum absolute atomic E-state index is 0.0281. The predicted octanol–water partition coefficient (Wildman–Crippen LogP) is 1.31. The molecule has 1 saturated heterocycles. The first-order chi connectivity index (χ1) is 8.70. The first-order valence-corrected chi connectivity index (χ1v) is 6.32. The van der Waals surface area contributed by atoms with E-state index in [9.17, 15) is 9.59 Å². The van der Waals surface area contributed by atoms with E-state index in [0.29, 0.717) is 13.0 Å². The maximum absolute atomic E-state index is 12.2. The Morgan fingerprint density at radius 3 is 2.67 bits per heavy atom. The van der Waals surface area contributed by atoms with E-state index in [1.807, 2.05) is 37.3 Å². The molecular weight excluding hydrogens is 228 g/mol. The highest BCUT2D eigenvalue weighted by Gasteiger charge is 2.31. The molecule has 0 spiro atoms. The third-order valence-corrected chi connectivity index (χ3v) is 3.07. The zero-order valence-electron chi connectivity index (χ0n) is 10.6. The van der Waals surface area contributed by atoms with Crippen LogP contribution in [0.1, 0.15) is 25.3 Å². The largest absolute Gasteiger partial charge is 0.343 e. The number of nitrogens with one attached hydrogen (secondary N) is 1. The summed E-state index contributed by atoms with van der Waals surface area (Å²) in [6, 6.07) is 9.40. The zero-order valence-corrected chi connectivity index (χ0v) is 10.6. The van der Waals surface area contributed by atoms with Gasteiger partial charge in [0, 0.05) is 6.54 Å². The lowest BCUT2D eigenvalue weighted by Gasteiger charge is -2.32. The highest BCUT2D eigenvalue weighted by atomic mass is 16.2. The molecule has 0 saturated carbocycles. The molecule has 1 aromatic carbocycles. The minimum atomic E-state index is -0.347. The number of hydrogen-bond donors (Lipinski definition) is 1. The summed E-state index contributed by atoms with van der Waals surface area (Å²) in [5, 5.41) is 2.75. The molecule has 0 bridgehead atoms. The molecule has 2 amide bonds. The van der Waals surface area contributed by atoms with E-state index in [4.69, 9.17) is 0 Å². The summed E-state index contributed by atoms with van der Waals surface area (Å²) in [6.07, 6.45) is 1.59. The van der Waals surface area contributed by atoms with Gasteiger partial charge in [-0.2, -0.15) is 0 Å². The van der Waals surface area contributed by atoms with E-state index in [1.165, 1.54) is 0 Å². The summed E-state index contributed by atoms with van der Waals surface area (Å²) in [6.45, 7) is 2.68. The van der Waals surface area contributed by atoms with Crippen LogP contribution in [0.25, 0.3) is 0 Å². The molecular formula is C14H18N2O2. The smallest absolute Gasteiger partial charge is 0.245 e. The first kappa shape index (κ1) is 12.6. The van der Waals surface area contributed by atoms with Gasteiger partial charge in [-0.3, -0.25) is 9.59 Å². The number of benzene rings is 1. The van der Waals surface area contributed by atoms with Gasteiger partial charge < -0.3 is 10.2 Å². The standard InChI is InChI=1S/C14H18N2O2/c1-2-6-12-14(18)16(10-13(17)15-12)9-11-7-4-3-5-8-11/h3-5,7-8,12H,2,6,9-10H2,1H3,(H,15,17). The highest BCUT2D eigenvalue weighted by molar-refractivity contribution is 5.94. The molecule has 0 aromatic heterocycles. The molecule has 1 heterocycles. The van der Waals surface area contributed by atoms with Crippen molar-refractivity contribution in [2.24, 2.45) is 0 Å². The zero-order chi connectivity index (χ0) is 13.0. The van der Waals surface area contributed by atoms with E-state index in [1.54, 1.807) is 4.90 Å². The van der Waals surface area contributed by atoms with Gasteiger partial charge in [0.1, 0.15) is 6.04 Å². The van der Waals surface area contributed by atoms with Gasteiger partial charge in [0.2, 0.25) is 11.8 Å². The van der Waals surface area contributed by atoms with Crippen LogP contribution in [-0.4, -0.2) is 29.3 Å². The lowest BCUT2D eigenvalue weighted by molar-refractivity contribution is -0.145. The number of nitrogens with zero attached hydrogens (tertiary/aromatic N) is 1. The second-order valence-corrected chi connectivity index (χ2v) is 4.59. The molecule has 1 N–H and O–H groups in total. The molecule has 2 rings (SSSR count). The van der Waals surface area contributed by atoms with Crippen molar-refractivity contribution in [2.45, 2.75) is 32.4 Å². The molecule has 1 aliphatic heterocycles. The second-order valence-electron chi connectivity index (χ2n) is 4.59. The van der Waals surface area contributed by atoms with Crippen molar-refractivity contribution < 1.29 is 9.59 Å². The summed E-state index contributed by atoms with van der Waals surface area (Å²) >= 11 is 0. The highest BCUT2D eigenvalue weighted by Crippen LogP contribution is 2.12.